The topological polar surface area (TPSA) is 99.6 Å². The van der Waals surface area contributed by atoms with Gasteiger partial charge in [-0.3, -0.25) is 4.79 Å². The Balaban J connectivity index is 1.90. The van der Waals surface area contributed by atoms with Crippen LogP contribution < -0.4 is 15.3 Å². The lowest BCUT2D eigenvalue weighted by Crippen LogP contribution is -2.15. The minimum atomic E-state index is -4.07. The predicted molar refractivity (Wildman–Crippen MR) is 129 cm³/mol. The van der Waals surface area contributed by atoms with E-state index in [1.54, 1.807) is 19.9 Å². The van der Waals surface area contributed by atoms with Gasteiger partial charge in [-0.1, -0.05) is 41.9 Å². The number of aryl methyl sites for hydroxylation is 1. The molecule has 1 atom stereocenters. The first-order valence-electron chi connectivity index (χ1n) is 10.2. The van der Waals surface area contributed by atoms with Gasteiger partial charge in [0.15, 0.2) is 5.43 Å². The lowest BCUT2D eigenvalue weighted by atomic mass is 10.00. The van der Waals surface area contributed by atoms with Crippen molar-refractivity contribution in [1.29, 1.82) is 0 Å². The van der Waals surface area contributed by atoms with E-state index >= 15 is 0 Å². The third-order valence-electron chi connectivity index (χ3n) is 5.38. The van der Waals surface area contributed by atoms with Gasteiger partial charge in [0.2, 0.25) is 10.0 Å². The quantitative estimate of drug-likeness (QED) is 0.403. The second kappa shape index (κ2) is 8.67. The van der Waals surface area contributed by atoms with Crippen LogP contribution in [-0.4, -0.2) is 8.42 Å². The van der Waals surface area contributed by atoms with Gasteiger partial charge in [-0.2, -0.15) is 0 Å². The molecule has 8 heteroatoms. The van der Waals surface area contributed by atoms with Crippen molar-refractivity contribution < 1.29 is 17.6 Å². The van der Waals surface area contributed by atoms with E-state index in [0.717, 1.165) is 11.1 Å². The highest BCUT2D eigenvalue weighted by molar-refractivity contribution is 7.89. The summed E-state index contributed by atoms with van der Waals surface area (Å²) in [4.78, 5) is 13.0. The molecule has 170 valence electrons. The third-order valence-corrected chi connectivity index (χ3v) is 6.55. The second-order valence-electron chi connectivity index (χ2n) is 7.88. The Bertz CT molecular complexity index is 1530. The molecule has 0 radical (unpaired) electrons. The number of fused-ring (bicyclic) bond motifs is 1. The van der Waals surface area contributed by atoms with Gasteiger partial charge in [-0.25, -0.2) is 13.6 Å². The molecular formula is C25H22ClNO5S. The van der Waals surface area contributed by atoms with Crippen molar-refractivity contribution in [2.24, 2.45) is 5.14 Å². The van der Waals surface area contributed by atoms with Crippen molar-refractivity contribution in [3.8, 4) is 17.1 Å². The lowest BCUT2D eigenvalue weighted by Gasteiger charge is -2.19. The van der Waals surface area contributed by atoms with Crippen molar-refractivity contribution in [3.63, 3.8) is 0 Å². The van der Waals surface area contributed by atoms with Gasteiger partial charge in [0.1, 0.15) is 28.1 Å². The van der Waals surface area contributed by atoms with E-state index in [-0.39, 0.29) is 21.1 Å². The van der Waals surface area contributed by atoms with Crippen LogP contribution in [0.25, 0.3) is 22.3 Å². The first-order chi connectivity index (χ1) is 15.6. The van der Waals surface area contributed by atoms with E-state index in [1.807, 2.05) is 43.3 Å². The maximum atomic E-state index is 13.2. The number of benzene rings is 3. The number of halogens is 1. The van der Waals surface area contributed by atoms with Crippen LogP contribution >= 0.6 is 11.6 Å². The highest BCUT2D eigenvalue weighted by atomic mass is 35.5. The zero-order valence-corrected chi connectivity index (χ0v) is 19.8. The van der Waals surface area contributed by atoms with Crippen LogP contribution in [0, 0.1) is 13.8 Å². The van der Waals surface area contributed by atoms with Crippen LogP contribution in [0.15, 0.2) is 74.8 Å². The number of hydrogen-bond acceptors (Lipinski definition) is 5. The summed E-state index contributed by atoms with van der Waals surface area (Å²) in [6, 6.07) is 17.2. The molecule has 0 spiro atoms. The number of nitrogens with two attached hydrogens (primary N) is 1. The Morgan fingerprint density at radius 2 is 1.73 bits per heavy atom. The number of hydrogen-bond donors (Lipinski definition) is 1. The molecule has 0 aliphatic carbocycles. The fourth-order valence-electron chi connectivity index (χ4n) is 3.79. The summed E-state index contributed by atoms with van der Waals surface area (Å²) in [6.07, 6.45) is -0.663. The molecule has 0 bridgehead atoms. The maximum Gasteiger partial charge on any atom is 0.241 e. The van der Waals surface area contributed by atoms with Gasteiger partial charge in [0.25, 0.3) is 0 Å². The summed E-state index contributed by atoms with van der Waals surface area (Å²) >= 11 is 5.96. The Hall–Kier alpha value is -3.13. The molecule has 3 aromatic carbocycles. The van der Waals surface area contributed by atoms with E-state index in [4.69, 9.17) is 25.9 Å². The molecule has 0 saturated carbocycles. The van der Waals surface area contributed by atoms with Crippen LogP contribution in [0.3, 0.4) is 0 Å². The second-order valence-corrected chi connectivity index (χ2v) is 9.84. The van der Waals surface area contributed by atoms with Gasteiger partial charge in [-0.05, 0) is 56.7 Å². The Kier molecular flexibility index (Phi) is 6.05. The van der Waals surface area contributed by atoms with E-state index < -0.39 is 16.1 Å². The van der Waals surface area contributed by atoms with Crippen molar-refractivity contribution in [2.45, 2.75) is 31.8 Å². The van der Waals surface area contributed by atoms with Crippen molar-refractivity contribution >= 4 is 32.6 Å². The standard InChI is InChI=1S/C25H22ClNO5S/c1-14-11-19(16(3)31-21-10-9-18(26)13-22(21)33(27,29)30)25-20(12-14)23(28)15(2)24(32-25)17-7-5-4-6-8-17/h4-13,16H,1-3H3,(H2,27,29,30)/t16-/m1/s1. The summed E-state index contributed by atoms with van der Waals surface area (Å²) in [7, 11) is -4.07. The van der Waals surface area contributed by atoms with Crippen LogP contribution in [0.5, 0.6) is 5.75 Å². The predicted octanol–water partition coefficient (Wildman–Crippen LogP) is 5.52. The molecule has 0 aliphatic rings. The van der Waals surface area contributed by atoms with E-state index in [2.05, 4.69) is 0 Å². The number of rotatable bonds is 5. The first-order valence-corrected chi connectivity index (χ1v) is 12.1. The number of ether oxygens (including phenoxy) is 1. The van der Waals surface area contributed by atoms with E-state index in [0.29, 0.717) is 27.9 Å². The van der Waals surface area contributed by atoms with Crippen LogP contribution in [0.2, 0.25) is 5.02 Å². The molecule has 0 unspecified atom stereocenters. The summed E-state index contributed by atoms with van der Waals surface area (Å²) in [5.74, 6) is 0.531. The Labute approximate surface area is 196 Å². The van der Waals surface area contributed by atoms with Gasteiger partial charge in [0.05, 0.1) is 5.39 Å². The minimum Gasteiger partial charge on any atom is -0.484 e. The fourth-order valence-corrected chi connectivity index (χ4v) is 4.71. The zero-order valence-electron chi connectivity index (χ0n) is 18.3. The highest BCUT2D eigenvalue weighted by Crippen LogP contribution is 2.35. The Morgan fingerprint density at radius 1 is 1.03 bits per heavy atom. The van der Waals surface area contributed by atoms with E-state index in [1.165, 1.54) is 18.2 Å². The smallest absolute Gasteiger partial charge is 0.241 e. The maximum absolute atomic E-state index is 13.2. The minimum absolute atomic E-state index is 0.0572. The lowest BCUT2D eigenvalue weighted by molar-refractivity contribution is 0.220. The van der Waals surface area contributed by atoms with Gasteiger partial charge in [0, 0.05) is 21.7 Å². The molecule has 0 saturated heterocycles. The molecule has 33 heavy (non-hydrogen) atoms. The zero-order chi connectivity index (χ0) is 23.9. The normalized spacial score (nSPS) is 12.6. The summed E-state index contributed by atoms with van der Waals surface area (Å²) in [5.41, 5.74) is 2.98. The first kappa shape index (κ1) is 23.0. The molecule has 0 aliphatic heterocycles. The molecular weight excluding hydrogens is 462 g/mol. The van der Waals surface area contributed by atoms with Crippen molar-refractivity contribution in [3.05, 3.63) is 92.6 Å². The average Bonchev–Trinajstić information content (AvgIpc) is 2.77. The number of sulfonamides is 1. The molecule has 0 amide bonds. The fraction of sp³-hybridized carbons (Fsp3) is 0.160. The van der Waals surface area contributed by atoms with Crippen LogP contribution in [0.1, 0.15) is 29.7 Å². The largest absolute Gasteiger partial charge is 0.484 e. The van der Waals surface area contributed by atoms with Crippen LogP contribution in [-0.2, 0) is 10.0 Å². The van der Waals surface area contributed by atoms with Gasteiger partial charge in [-0.15, -0.1) is 0 Å². The SMILES string of the molecule is Cc1cc([C@@H](C)Oc2ccc(Cl)cc2S(N)(=O)=O)c2oc(-c3ccccc3)c(C)c(=O)c2c1. The van der Waals surface area contributed by atoms with Crippen molar-refractivity contribution in [1.82, 2.24) is 0 Å². The van der Waals surface area contributed by atoms with Crippen LogP contribution in [0.4, 0.5) is 0 Å². The number of primary sulfonamides is 1. The molecule has 1 heterocycles. The highest BCUT2D eigenvalue weighted by Gasteiger charge is 2.22. The summed E-state index contributed by atoms with van der Waals surface area (Å²) in [6.45, 7) is 5.35. The van der Waals surface area contributed by atoms with Gasteiger partial charge < -0.3 is 9.15 Å². The molecule has 0 fully saturated rings. The van der Waals surface area contributed by atoms with Crippen molar-refractivity contribution in [2.75, 3.05) is 0 Å². The molecule has 6 nitrogen and oxygen atoms in total. The molecule has 1 aromatic heterocycles. The van der Waals surface area contributed by atoms with E-state index in [9.17, 15) is 13.2 Å². The Morgan fingerprint density at radius 3 is 2.39 bits per heavy atom. The summed E-state index contributed by atoms with van der Waals surface area (Å²) in [5, 5.41) is 6.00. The monoisotopic (exact) mass is 483 g/mol. The molecule has 2 N–H and O–H groups in total. The molecule has 4 rings (SSSR count). The molecule has 4 aromatic rings. The summed E-state index contributed by atoms with van der Waals surface area (Å²) < 4.78 is 36.4. The average molecular weight is 484 g/mol. The van der Waals surface area contributed by atoms with Gasteiger partial charge >= 0.3 is 0 Å². The third kappa shape index (κ3) is 4.53.